The summed E-state index contributed by atoms with van der Waals surface area (Å²) in [4.78, 5) is 0. The van der Waals surface area contributed by atoms with E-state index in [-0.39, 0.29) is 23.9 Å². The SMILES string of the molecule is Clc1ccc2c(c1)C1c3cccc[n+]3C2C2c3cc(Cl)ccc3C1[n+]1ccccc12. The molecule has 2 aromatic heterocycles. The van der Waals surface area contributed by atoms with Crippen molar-refractivity contribution in [1.82, 2.24) is 0 Å². The number of rotatable bonds is 0. The molecule has 4 bridgehead atoms. The van der Waals surface area contributed by atoms with Gasteiger partial charge < -0.3 is 0 Å². The first-order valence-electron chi connectivity index (χ1n) is 10.3. The average molecular weight is 429 g/mol. The first kappa shape index (κ1) is 17.0. The van der Waals surface area contributed by atoms with Crippen LogP contribution in [-0.2, 0) is 0 Å². The zero-order valence-corrected chi connectivity index (χ0v) is 17.6. The Hall–Kier alpha value is -2.68. The number of aromatic nitrogens is 2. The van der Waals surface area contributed by atoms with E-state index in [9.17, 15) is 0 Å². The van der Waals surface area contributed by atoms with Crippen LogP contribution in [0.2, 0.25) is 10.0 Å². The summed E-state index contributed by atoms with van der Waals surface area (Å²) >= 11 is 13.1. The molecule has 0 saturated heterocycles. The van der Waals surface area contributed by atoms with Crippen LogP contribution in [0.15, 0.2) is 85.2 Å². The lowest BCUT2D eigenvalue weighted by atomic mass is 9.65. The van der Waals surface area contributed by atoms with Gasteiger partial charge in [-0.1, -0.05) is 47.5 Å². The van der Waals surface area contributed by atoms with Crippen molar-refractivity contribution >= 4 is 23.2 Å². The Morgan fingerprint density at radius 1 is 0.533 bits per heavy atom. The van der Waals surface area contributed by atoms with Crippen molar-refractivity contribution in [3.63, 3.8) is 0 Å². The van der Waals surface area contributed by atoms with Crippen molar-refractivity contribution in [3.8, 4) is 0 Å². The maximum Gasteiger partial charge on any atom is 0.200 e. The summed E-state index contributed by atoms with van der Waals surface area (Å²) in [5, 5.41) is 1.60. The molecule has 2 aromatic carbocycles. The van der Waals surface area contributed by atoms with E-state index in [2.05, 4.69) is 82.2 Å². The standard InChI is InChI=1S/C26H18Cl2N2/c27-15-7-9-17-19(13-15)23-21-5-1-3-11-29(21)26(17)24-20-14-16(28)8-10-18(20)25(23)30-12-4-2-6-22(24)30/h1-14,23-26H/q+2. The Bertz CT molecular complexity index is 1260. The third-order valence-electron chi connectivity index (χ3n) is 7.12. The van der Waals surface area contributed by atoms with Gasteiger partial charge in [0.15, 0.2) is 23.8 Å². The van der Waals surface area contributed by atoms with Gasteiger partial charge in [-0.25, -0.2) is 0 Å². The van der Waals surface area contributed by atoms with Crippen molar-refractivity contribution in [1.29, 1.82) is 0 Å². The molecule has 0 fully saturated rings. The topological polar surface area (TPSA) is 7.76 Å². The molecule has 7 heterocycles. The highest BCUT2D eigenvalue weighted by Crippen LogP contribution is 2.54. The molecule has 1 aliphatic carbocycles. The number of benzene rings is 2. The van der Waals surface area contributed by atoms with Crippen molar-refractivity contribution < 1.29 is 9.13 Å². The molecule has 2 nitrogen and oxygen atoms in total. The molecule has 0 N–H and O–H groups in total. The van der Waals surface area contributed by atoms with Gasteiger partial charge in [0.05, 0.1) is 0 Å². The molecule has 4 aromatic rings. The van der Waals surface area contributed by atoms with E-state index in [1.165, 1.54) is 33.6 Å². The molecule has 30 heavy (non-hydrogen) atoms. The van der Waals surface area contributed by atoms with E-state index >= 15 is 0 Å². The van der Waals surface area contributed by atoms with Crippen molar-refractivity contribution in [3.05, 3.63) is 129 Å². The molecule has 0 saturated carbocycles. The van der Waals surface area contributed by atoms with Crippen LogP contribution < -0.4 is 9.13 Å². The first-order valence-corrected chi connectivity index (χ1v) is 11.1. The lowest BCUT2D eigenvalue weighted by molar-refractivity contribution is -0.769. The molecule has 4 atom stereocenters. The molecular weight excluding hydrogens is 411 g/mol. The first-order chi connectivity index (χ1) is 14.7. The zero-order chi connectivity index (χ0) is 20.0. The van der Waals surface area contributed by atoms with Crippen LogP contribution in [0.4, 0.5) is 0 Å². The van der Waals surface area contributed by atoms with E-state index in [4.69, 9.17) is 23.2 Å². The number of hydrogen-bond donors (Lipinski definition) is 0. The fourth-order valence-corrected chi connectivity index (χ4v) is 6.46. The second-order valence-corrected chi connectivity index (χ2v) is 9.33. The van der Waals surface area contributed by atoms with Crippen LogP contribution in [-0.4, -0.2) is 0 Å². The van der Waals surface area contributed by atoms with Crippen LogP contribution in [0.1, 0.15) is 57.6 Å². The van der Waals surface area contributed by atoms with Gasteiger partial charge in [-0.3, -0.25) is 0 Å². The van der Waals surface area contributed by atoms with Crippen LogP contribution in [0.5, 0.6) is 0 Å². The minimum absolute atomic E-state index is 0.150. The van der Waals surface area contributed by atoms with Crippen molar-refractivity contribution in [2.24, 2.45) is 0 Å². The van der Waals surface area contributed by atoms with E-state index in [0.29, 0.717) is 0 Å². The Kier molecular flexibility index (Phi) is 3.37. The number of halogens is 2. The fourth-order valence-electron chi connectivity index (χ4n) is 6.10. The Morgan fingerprint density at radius 3 is 1.47 bits per heavy atom. The Morgan fingerprint density at radius 2 is 1.00 bits per heavy atom. The van der Waals surface area contributed by atoms with E-state index < -0.39 is 0 Å². The Balaban J connectivity index is 1.68. The summed E-state index contributed by atoms with van der Waals surface area (Å²) in [5.41, 5.74) is 8.10. The van der Waals surface area contributed by atoms with E-state index in [1.54, 1.807) is 0 Å². The molecule has 5 aliphatic heterocycles. The van der Waals surface area contributed by atoms with Gasteiger partial charge in [0, 0.05) is 45.4 Å². The van der Waals surface area contributed by atoms with Gasteiger partial charge in [-0.2, -0.15) is 9.13 Å². The molecule has 10 rings (SSSR count). The summed E-state index contributed by atoms with van der Waals surface area (Å²) < 4.78 is 4.97. The van der Waals surface area contributed by atoms with Crippen molar-refractivity contribution in [2.75, 3.05) is 0 Å². The number of pyridine rings is 2. The quantitative estimate of drug-likeness (QED) is 0.333. The van der Waals surface area contributed by atoms with Crippen molar-refractivity contribution in [2.45, 2.75) is 23.9 Å². The maximum atomic E-state index is 6.53. The highest BCUT2D eigenvalue weighted by atomic mass is 35.5. The third-order valence-corrected chi connectivity index (χ3v) is 7.59. The lowest BCUT2D eigenvalue weighted by Gasteiger charge is -2.42. The molecule has 144 valence electrons. The monoisotopic (exact) mass is 428 g/mol. The summed E-state index contributed by atoms with van der Waals surface area (Å²) in [7, 11) is 0. The zero-order valence-electron chi connectivity index (χ0n) is 16.0. The van der Waals surface area contributed by atoms with Crippen LogP contribution in [0, 0.1) is 0 Å². The van der Waals surface area contributed by atoms with Gasteiger partial charge in [0.2, 0.25) is 12.1 Å². The third kappa shape index (κ3) is 2.06. The number of nitrogens with zero attached hydrogens (tertiary/aromatic N) is 2. The molecule has 4 heteroatoms. The summed E-state index contributed by atoms with van der Waals surface area (Å²) in [5.74, 6) is 0.340. The molecule has 0 radical (unpaired) electrons. The van der Waals surface area contributed by atoms with Gasteiger partial charge in [-0.05, 0) is 35.4 Å². The lowest BCUT2D eigenvalue weighted by Crippen LogP contribution is -2.62. The second kappa shape index (κ2) is 5.94. The highest BCUT2D eigenvalue weighted by molar-refractivity contribution is 6.31. The van der Waals surface area contributed by atoms with Crippen LogP contribution in [0.3, 0.4) is 0 Å². The minimum atomic E-state index is 0.150. The van der Waals surface area contributed by atoms with Crippen LogP contribution >= 0.6 is 23.2 Å². The minimum Gasteiger partial charge on any atom is -0.193 e. The Labute approximate surface area is 185 Å². The summed E-state index contributed by atoms with van der Waals surface area (Å²) in [6, 6.07) is 26.3. The molecule has 6 aliphatic rings. The van der Waals surface area contributed by atoms with Gasteiger partial charge in [-0.15, -0.1) is 0 Å². The largest absolute Gasteiger partial charge is 0.200 e. The summed E-state index contributed by atoms with van der Waals surface area (Å²) in [6.45, 7) is 0. The highest BCUT2D eigenvalue weighted by Gasteiger charge is 2.58. The summed E-state index contributed by atoms with van der Waals surface area (Å²) in [6.07, 6.45) is 4.48. The van der Waals surface area contributed by atoms with Gasteiger partial charge in [0.1, 0.15) is 11.8 Å². The van der Waals surface area contributed by atoms with E-state index in [0.717, 1.165) is 10.0 Å². The fraction of sp³-hybridized carbons (Fsp3) is 0.154. The predicted molar refractivity (Wildman–Crippen MR) is 116 cm³/mol. The number of hydrogen-bond acceptors (Lipinski definition) is 0. The smallest absolute Gasteiger partial charge is 0.193 e. The normalized spacial score (nSPS) is 24.3. The van der Waals surface area contributed by atoms with Gasteiger partial charge >= 0.3 is 0 Å². The average Bonchev–Trinajstić information content (AvgIpc) is 2.75. The molecular formula is C26H18Cl2N2+2. The van der Waals surface area contributed by atoms with E-state index in [1.807, 2.05) is 12.1 Å². The second-order valence-electron chi connectivity index (χ2n) is 8.46. The van der Waals surface area contributed by atoms with Crippen LogP contribution in [0.25, 0.3) is 0 Å². The maximum absolute atomic E-state index is 6.53. The molecule has 0 spiro atoms. The molecule has 4 unspecified atom stereocenters. The molecule has 0 amide bonds. The van der Waals surface area contributed by atoms with Gasteiger partial charge in [0.25, 0.3) is 0 Å². The predicted octanol–water partition coefficient (Wildman–Crippen LogP) is 5.35.